The van der Waals surface area contributed by atoms with Crippen LogP contribution in [-0.2, 0) is 16.6 Å². The van der Waals surface area contributed by atoms with Crippen molar-refractivity contribution in [1.29, 1.82) is 0 Å². The fourth-order valence-electron chi connectivity index (χ4n) is 3.41. The molecule has 8 heteroatoms. The fraction of sp³-hybridized carbons (Fsp3) is 0.500. The molecule has 1 aliphatic heterocycles. The second-order valence-electron chi connectivity index (χ2n) is 6.70. The lowest BCUT2D eigenvalue weighted by Gasteiger charge is -2.34. The molecule has 0 bridgehead atoms. The first-order valence-corrected chi connectivity index (χ1v) is 10.0. The summed E-state index contributed by atoms with van der Waals surface area (Å²) in [5.41, 5.74) is 2.30. The van der Waals surface area contributed by atoms with Crippen molar-refractivity contribution in [2.75, 3.05) is 33.3 Å². The molecule has 0 amide bonds. The summed E-state index contributed by atoms with van der Waals surface area (Å²) in [5, 5.41) is 4.00. The third-order valence-corrected chi connectivity index (χ3v) is 6.87. The van der Waals surface area contributed by atoms with Crippen molar-refractivity contribution in [3.63, 3.8) is 0 Å². The van der Waals surface area contributed by atoms with Gasteiger partial charge in [-0.3, -0.25) is 4.90 Å². The molecule has 0 unspecified atom stereocenters. The van der Waals surface area contributed by atoms with Crippen LogP contribution in [-0.4, -0.2) is 56.1 Å². The molecule has 0 N–H and O–H groups in total. The van der Waals surface area contributed by atoms with Crippen molar-refractivity contribution in [2.45, 2.75) is 32.2 Å². The largest absolute Gasteiger partial charge is 0.497 e. The predicted octanol–water partition coefficient (Wildman–Crippen LogP) is 2.11. The number of rotatable bonds is 5. The molecule has 3 rings (SSSR count). The Bertz CT molecular complexity index is 861. The topological polar surface area (TPSA) is 75.9 Å². The quantitative estimate of drug-likeness (QED) is 0.792. The van der Waals surface area contributed by atoms with Crippen LogP contribution in [0.4, 0.5) is 0 Å². The van der Waals surface area contributed by atoms with E-state index in [2.05, 4.69) is 10.1 Å². The summed E-state index contributed by atoms with van der Waals surface area (Å²) in [5.74, 6) is 1.46. The average molecular weight is 379 g/mol. The molecule has 0 spiro atoms. The predicted molar refractivity (Wildman–Crippen MR) is 97.7 cm³/mol. The van der Waals surface area contributed by atoms with E-state index >= 15 is 0 Å². The molecule has 0 radical (unpaired) electrons. The second-order valence-corrected chi connectivity index (χ2v) is 8.57. The first-order valence-electron chi connectivity index (χ1n) is 8.61. The second kappa shape index (κ2) is 7.38. The molecule has 26 heavy (non-hydrogen) atoms. The summed E-state index contributed by atoms with van der Waals surface area (Å²) in [6, 6.07) is 5.44. The van der Waals surface area contributed by atoms with Gasteiger partial charge in [-0.2, -0.15) is 4.31 Å². The Hall–Kier alpha value is -1.90. The Kier molecular flexibility index (Phi) is 5.36. The Labute approximate surface area is 154 Å². The summed E-state index contributed by atoms with van der Waals surface area (Å²) >= 11 is 0. The third-order valence-electron chi connectivity index (χ3n) is 4.66. The van der Waals surface area contributed by atoms with Crippen LogP contribution in [0.15, 0.2) is 27.6 Å². The van der Waals surface area contributed by atoms with Gasteiger partial charge in [0.1, 0.15) is 11.5 Å². The van der Waals surface area contributed by atoms with Gasteiger partial charge in [-0.05, 0) is 44.0 Å². The lowest BCUT2D eigenvalue weighted by atomic mass is 10.1. The summed E-state index contributed by atoms with van der Waals surface area (Å²) in [6.45, 7) is 8.41. The number of ether oxygens (including phenoxy) is 1. The highest BCUT2D eigenvalue weighted by atomic mass is 32.2. The van der Waals surface area contributed by atoms with Gasteiger partial charge in [-0.25, -0.2) is 8.42 Å². The number of benzene rings is 1. The van der Waals surface area contributed by atoms with Crippen molar-refractivity contribution in [2.24, 2.45) is 0 Å². The molecule has 1 fully saturated rings. The van der Waals surface area contributed by atoms with E-state index in [1.165, 1.54) is 0 Å². The Morgan fingerprint density at radius 2 is 1.69 bits per heavy atom. The molecule has 1 saturated heterocycles. The maximum atomic E-state index is 13.1. The molecule has 1 aliphatic rings. The van der Waals surface area contributed by atoms with Crippen molar-refractivity contribution in [1.82, 2.24) is 14.4 Å². The first-order chi connectivity index (χ1) is 12.3. The van der Waals surface area contributed by atoms with Crippen LogP contribution < -0.4 is 4.74 Å². The van der Waals surface area contributed by atoms with Crippen LogP contribution in [0.5, 0.6) is 5.75 Å². The minimum Gasteiger partial charge on any atom is -0.497 e. The highest BCUT2D eigenvalue weighted by molar-refractivity contribution is 7.89. The van der Waals surface area contributed by atoms with Gasteiger partial charge < -0.3 is 9.26 Å². The zero-order valence-corrected chi connectivity index (χ0v) is 16.5. The average Bonchev–Trinajstić information content (AvgIpc) is 2.99. The monoisotopic (exact) mass is 379 g/mol. The SMILES string of the molecule is COc1cc(C)c(S(=O)(=O)N2CCN(Cc3cc(C)on3)CC2)c(C)c1. The smallest absolute Gasteiger partial charge is 0.243 e. The van der Waals surface area contributed by atoms with Gasteiger partial charge in [0.25, 0.3) is 0 Å². The van der Waals surface area contributed by atoms with E-state index in [9.17, 15) is 8.42 Å². The highest BCUT2D eigenvalue weighted by Crippen LogP contribution is 2.28. The van der Waals surface area contributed by atoms with Crippen LogP contribution in [0.25, 0.3) is 0 Å². The number of piperazine rings is 1. The van der Waals surface area contributed by atoms with Gasteiger partial charge in [0.05, 0.1) is 17.7 Å². The number of aromatic nitrogens is 1. The number of hydrogen-bond donors (Lipinski definition) is 0. The summed E-state index contributed by atoms with van der Waals surface area (Å²) in [4.78, 5) is 2.58. The van der Waals surface area contributed by atoms with Gasteiger partial charge in [-0.15, -0.1) is 0 Å². The molecule has 0 atom stereocenters. The van der Waals surface area contributed by atoms with Crippen molar-refractivity contribution < 1.29 is 17.7 Å². The standard InChI is InChI=1S/C18H25N3O4S/c1-13-9-17(24-4)10-14(2)18(13)26(22,23)21-7-5-20(6-8-21)12-16-11-15(3)25-19-16/h9-11H,5-8,12H2,1-4H3. The van der Waals surface area contributed by atoms with Gasteiger partial charge in [-0.1, -0.05) is 5.16 Å². The van der Waals surface area contributed by atoms with E-state index in [1.54, 1.807) is 23.5 Å². The normalized spacial score (nSPS) is 16.8. The minimum absolute atomic E-state index is 0.388. The van der Waals surface area contributed by atoms with Crippen LogP contribution >= 0.6 is 0 Å². The molecule has 2 aromatic rings. The lowest BCUT2D eigenvalue weighted by molar-refractivity contribution is 0.177. The lowest BCUT2D eigenvalue weighted by Crippen LogP contribution is -2.48. The molecular formula is C18H25N3O4S. The van der Waals surface area contributed by atoms with Gasteiger partial charge >= 0.3 is 0 Å². The van der Waals surface area contributed by atoms with Crippen molar-refractivity contribution in [3.8, 4) is 5.75 Å². The zero-order valence-electron chi connectivity index (χ0n) is 15.7. The number of nitrogens with zero attached hydrogens (tertiary/aromatic N) is 3. The Morgan fingerprint density at radius 1 is 1.08 bits per heavy atom. The molecule has 1 aromatic heterocycles. The molecule has 2 heterocycles. The third kappa shape index (κ3) is 3.77. The van der Waals surface area contributed by atoms with Crippen LogP contribution in [0, 0.1) is 20.8 Å². The zero-order chi connectivity index (χ0) is 18.9. The van der Waals surface area contributed by atoms with E-state index in [4.69, 9.17) is 9.26 Å². The fourth-order valence-corrected chi connectivity index (χ4v) is 5.25. The number of sulfonamides is 1. The summed E-state index contributed by atoms with van der Waals surface area (Å²) in [6.07, 6.45) is 0. The number of methoxy groups -OCH3 is 1. The highest BCUT2D eigenvalue weighted by Gasteiger charge is 2.31. The maximum Gasteiger partial charge on any atom is 0.243 e. The molecule has 7 nitrogen and oxygen atoms in total. The van der Waals surface area contributed by atoms with Crippen LogP contribution in [0.3, 0.4) is 0 Å². The molecular weight excluding hydrogens is 354 g/mol. The van der Waals surface area contributed by atoms with E-state index < -0.39 is 10.0 Å². The molecule has 1 aromatic carbocycles. The Balaban J connectivity index is 1.72. The minimum atomic E-state index is -3.52. The summed E-state index contributed by atoms with van der Waals surface area (Å²) in [7, 11) is -1.94. The van der Waals surface area contributed by atoms with Gasteiger partial charge in [0.15, 0.2) is 0 Å². The molecule has 142 valence electrons. The molecule has 0 saturated carbocycles. The van der Waals surface area contributed by atoms with Crippen LogP contribution in [0.1, 0.15) is 22.6 Å². The van der Waals surface area contributed by atoms with Crippen LogP contribution in [0.2, 0.25) is 0 Å². The number of aryl methyl sites for hydroxylation is 3. The van der Waals surface area contributed by atoms with E-state index in [0.29, 0.717) is 54.5 Å². The van der Waals surface area contributed by atoms with Gasteiger partial charge in [0.2, 0.25) is 10.0 Å². The Morgan fingerprint density at radius 3 is 2.19 bits per heavy atom. The van der Waals surface area contributed by atoms with Crippen molar-refractivity contribution >= 4 is 10.0 Å². The summed E-state index contributed by atoms with van der Waals surface area (Å²) < 4.78 is 38.2. The first kappa shape index (κ1) is 18.9. The van der Waals surface area contributed by atoms with E-state index in [-0.39, 0.29) is 0 Å². The van der Waals surface area contributed by atoms with E-state index in [0.717, 1.165) is 11.5 Å². The maximum absolute atomic E-state index is 13.1. The van der Waals surface area contributed by atoms with Gasteiger partial charge in [0, 0.05) is 38.8 Å². The van der Waals surface area contributed by atoms with E-state index in [1.807, 2.05) is 26.8 Å². The molecule has 0 aliphatic carbocycles. The van der Waals surface area contributed by atoms with Crippen molar-refractivity contribution in [3.05, 3.63) is 40.8 Å². The number of hydrogen-bond acceptors (Lipinski definition) is 6.